The number of phenols is 1. The number of pyridine rings is 1. The van der Waals surface area contributed by atoms with E-state index in [1.165, 1.54) is 12.5 Å². The van der Waals surface area contributed by atoms with E-state index >= 15 is 0 Å². The van der Waals surface area contributed by atoms with Crippen molar-refractivity contribution in [2.45, 2.75) is 20.4 Å². The minimum absolute atomic E-state index is 0.0612. The zero-order chi connectivity index (χ0) is 15.0. The summed E-state index contributed by atoms with van der Waals surface area (Å²) >= 11 is 0. The second-order valence-electron chi connectivity index (χ2n) is 4.44. The monoisotopic (exact) mass is 274 g/mol. The molecule has 4 heteroatoms. The second kappa shape index (κ2) is 8.07. The van der Waals surface area contributed by atoms with Crippen LogP contribution in [0.3, 0.4) is 0 Å². The third-order valence-electron chi connectivity index (χ3n) is 2.69. The SMILES string of the molecule is CC(=O)c1cc[n+](CCO)cc1.Cc1ccc(O)cc1. The molecule has 0 aliphatic heterocycles. The molecule has 0 saturated carbocycles. The maximum absolute atomic E-state index is 10.9. The maximum atomic E-state index is 10.9. The molecule has 2 rings (SSSR count). The van der Waals surface area contributed by atoms with Crippen LogP contribution in [0.15, 0.2) is 48.8 Å². The number of aliphatic hydroxyl groups excluding tert-OH is 1. The fourth-order valence-electron chi connectivity index (χ4n) is 1.50. The standard InChI is InChI=1S/C9H12NO2.C7H8O/c1-8(12)9-2-4-10(5-3-9)6-7-11;1-6-2-4-7(8)5-3-6/h2-5,11H,6-7H2,1H3;2-5,8H,1H3/q+1;. The number of aryl methyl sites for hydroxylation is 1. The van der Waals surface area contributed by atoms with E-state index in [1.54, 1.807) is 36.7 Å². The van der Waals surface area contributed by atoms with Gasteiger partial charge in [0.2, 0.25) is 0 Å². The topological polar surface area (TPSA) is 61.4 Å². The molecule has 0 spiro atoms. The molecule has 1 aromatic heterocycles. The van der Waals surface area contributed by atoms with Crippen molar-refractivity contribution >= 4 is 5.78 Å². The van der Waals surface area contributed by atoms with Crippen LogP contribution < -0.4 is 4.57 Å². The molecule has 0 fully saturated rings. The maximum Gasteiger partial charge on any atom is 0.171 e. The van der Waals surface area contributed by atoms with Gasteiger partial charge in [-0.05, 0) is 26.0 Å². The van der Waals surface area contributed by atoms with Gasteiger partial charge in [0.15, 0.2) is 24.7 Å². The molecule has 20 heavy (non-hydrogen) atoms. The Labute approximate surface area is 118 Å². The van der Waals surface area contributed by atoms with E-state index < -0.39 is 0 Å². The molecule has 0 aliphatic rings. The summed E-state index contributed by atoms with van der Waals surface area (Å²) in [7, 11) is 0. The summed E-state index contributed by atoms with van der Waals surface area (Å²) in [6.07, 6.45) is 3.57. The number of carbonyl (C=O) groups excluding carboxylic acids is 1. The average Bonchev–Trinajstić information content (AvgIpc) is 2.44. The van der Waals surface area contributed by atoms with Gasteiger partial charge < -0.3 is 10.2 Å². The number of nitrogens with zero attached hydrogens (tertiary/aromatic N) is 1. The molecule has 0 radical (unpaired) electrons. The van der Waals surface area contributed by atoms with Gasteiger partial charge in [-0.15, -0.1) is 0 Å². The van der Waals surface area contributed by atoms with Crippen molar-refractivity contribution in [2.24, 2.45) is 0 Å². The second-order valence-corrected chi connectivity index (χ2v) is 4.44. The van der Waals surface area contributed by atoms with E-state index in [0.29, 0.717) is 17.9 Å². The minimum Gasteiger partial charge on any atom is -0.508 e. The van der Waals surface area contributed by atoms with Crippen molar-refractivity contribution in [1.82, 2.24) is 0 Å². The van der Waals surface area contributed by atoms with Crippen LogP contribution in [-0.2, 0) is 6.54 Å². The van der Waals surface area contributed by atoms with Gasteiger partial charge in [0, 0.05) is 17.7 Å². The first-order chi connectivity index (χ1) is 9.52. The number of phenolic OH excluding ortho intramolecular Hbond substituents is 1. The Kier molecular flexibility index (Phi) is 6.40. The van der Waals surface area contributed by atoms with Gasteiger partial charge in [0.1, 0.15) is 12.4 Å². The van der Waals surface area contributed by atoms with E-state index in [2.05, 4.69) is 0 Å². The Morgan fingerprint density at radius 1 is 1.10 bits per heavy atom. The first kappa shape index (κ1) is 15.9. The molecular weight excluding hydrogens is 254 g/mol. The highest BCUT2D eigenvalue weighted by Gasteiger charge is 2.02. The van der Waals surface area contributed by atoms with Crippen LogP contribution in [0.1, 0.15) is 22.8 Å². The third kappa shape index (κ3) is 5.63. The van der Waals surface area contributed by atoms with Gasteiger partial charge in [-0.2, -0.15) is 0 Å². The number of aliphatic hydroxyl groups is 1. The van der Waals surface area contributed by atoms with Crippen molar-refractivity contribution in [2.75, 3.05) is 6.61 Å². The normalized spacial score (nSPS) is 9.55. The molecule has 106 valence electrons. The number of rotatable bonds is 3. The van der Waals surface area contributed by atoms with Crippen LogP contribution in [0.2, 0.25) is 0 Å². The fourth-order valence-corrected chi connectivity index (χ4v) is 1.50. The lowest BCUT2D eigenvalue weighted by Gasteiger charge is -1.94. The molecule has 0 saturated heterocycles. The van der Waals surface area contributed by atoms with E-state index in [9.17, 15) is 4.79 Å². The molecule has 0 atom stereocenters. The molecule has 4 nitrogen and oxygen atoms in total. The first-order valence-electron chi connectivity index (χ1n) is 6.39. The van der Waals surface area contributed by atoms with E-state index in [1.807, 2.05) is 23.6 Å². The Balaban J connectivity index is 0.000000217. The summed E-state index contributed by atoms with van der Waals surface area (Å²) < 4.78 is 1.83. The molecule has 0 unspecified atom stereocenters. The van der Waals surface area contributed by atoms with Crippen LogP contribution >= 0.6 is 0 Å². The number of aromatic nitrogens is 1. The number of benzene rings is 1. The summed E-state index contributed by atoms with van der Waals surface area (Å²) in [5.41, 5.74) is 1.87. The summed E-state index contributed by atoms with van der Waals surface area (Å²) in [6, 6.07) is 10.6. The number of ketones is 1. The number of hydrogen-bond donors (Lipinski definition) is 2. The molecule has 1 aromatic carbocycles. The van der Waals surface area contributed by atoms with E-state index in [-0.39, 0.29) is 12.4 Å². The molecule has 0 aliphatic carbocycles. The van der Waals surface area contributed by atoms with E-state index in [4.69, 9.17) is 10.2 Å². The Bertz CT molecular complexity index is 512. The number of carbonyl (C=O) groups is 1. The Hall–Kier alpha value is -2.20. The van der Waals surface area contributed by atoms with Crippen LogP contribution in [0, 0.1) is 6.92 Å². The smallest absolute Gasteiger partial charge is 0.171 e. The zero-order valence-electron chi connectivity index (χ0n) is 11.8. The third-order valence-corrected chi connectivity index (χ3v) is 2.69. The summed E-state index contributed by atoms with van der Waals surface area (Å²) in [4.78, 5) is 10.9. The quantitative estimate of drug-likeness (QED) is 0.663. The van der Waals surface area contributed by atoms with Gasteiger partial charge >= 0.3 is 0 Å². The Morgan fingerprint density at radius 3 is 2.05 bits per heavy atom. The predicted octanol–water partition coefficient (Wildman–Crippen LogP) is 1.87. The van der Waals surface area contributed by atoms with Gasteiger partial charge in [0.05, 0.1) is 0 Å². The number of hydrogen-bond acceptors (Lipinski definition) is 3. The van der Waals surface area contributed by atoms with Crippen molar-refractivity contribution in [3.8, 4) is 5.75 Å². The van der Waals surface area contributed by atoms with Crippen LogP contribution in [0.25, 0.3) is 0 Å². The zero-order valence-corrected chi connectivity index (χ0v) is 11.8. The summed E-state index contributed by atoms with van der Waals surface area (Å²) in [6.45, 7) is 4.20. The molecule has 2 aromatic rings. The first-order valence-corrected chi connectivity index (χ1v) is 6.39. The molecule has 0 amide bonds. The van der Waals surface area contributed by atoms with E-state index in [0.717, 1.165) is 0 Å². The van der Waals surface area contributed by atoms with Gasteiger partial charge in [0.25, 0.3) is 0 Å². The summed E-state index contributed by atoms with van der Waals surface area (Å²) in [5, 5.41) is 17.4. The lowest BCUT2D eigenvalue weighted by Crippen LogP contribution is -2.34. The lowest BCUT2D eigenvalue weighted by molar-refractivity contribution is -0.698. The summed E-state index contributed by atoms with van der Waals surface area (Å²) in [5.74, 6) is 0.391. The van der Waals surface area contributed by atoms with Crippen molar-refractivity contribution in [3.05, 3.63) is 59.9 Å². The Morgan fingerprint density at radius 2 is 1.65 bits per heavy atom. The van der Waals surface area contributed by atoms with Crippen molar-refractivity contribution in [1.29, 1.82) is 0 Å². The average molecular weight is 274 g/mol. The van der Waals surface area contributed by atoms with Crippen LogP contribution in [0.4, 0.5) is 0 Å². The predicted molar refractivity (Wildman–Crippen MR) is 76.6 cm³/mol. The van der Waals surface area contributed by atoms with Crippen LogP contribution in [0.5, 0.6) is 5.75 Å². The molecule has 0 bridgehead atoms. The van der Waals surface area contributed by atoms with Gasteiger partial charge in [-0.25, -0.2) is 4.57 Å². The van der Waals surface area contributed by atoms with Gasteiger partial charge in [-0.3, -0.25) is 4.79 Å². The lowest BCUT2D eigenvalue weighted by atomic mass is 10.2. The van der Waals surface area contributed by atoms with Gasteiger partial charge in [-0.1, -0.05) is 17.7 Å². The highest BCUT2D eigenvalue weighted by atomic mass is 16.3. The number of aromatic hydroxyl groups is 1. The van der Waals surface area contributed by atoms with Crippen molar-refractivity contribution in [3.63, 3.8) is 0 Å². The van der Waals surface area contributed by atoms with Crippen LogP contribution in [-0.4, -0.2) is 22.6 Å². The molecule has 2 N–H and O–H groups in total. The van der Waals surface area contributed by atoms with Crippen molar-refractivity contribution < 1.29 is 19.6 Å². The fraction of sp³-hybridized carbons (Fsp3) is 0.250. The minimum atomic E-state index is 0.0612. The highest BCUT2D eigenvalue weighted by molar-refractivity contribution is 5.93. The molecule has 1 heterocycles. The number of Topliss-reactive ketones (excluding diaryl/α,β-unsaturated/α-hetero) is 1. The highest BCUT2D eigenvalue weighted by Crippen LogP contribution is 2.07. The molecular formula is C16H20NO3+. The largest absolute Gasteiger partial charge is 0.508 e.